The van der Waals surface area contributed by atoms with E-state index in [2.05, 4.69) is 13.8 Å². The predicted molar refractivity (Wildman–Crippen MR) is 46.5 cm³/mol. The Morgan fingerprint density at radius 2 is 1.82 bits per heavy atom. The van der Waals surface area contributed by atoms with Gasteiger partial charge in [-0.1, -0.05) is 18.2 Å². The topological polar surface area (TPSA) is 20.2 Å². The van der Waals surface area contributed by atoms with Gasteiger partial charge in [0, 0.05) is 0 Å². The molecular weight excluding hydrogens is 136 g/mol. The molecule has 0 heterocycles. The number of hydrogen-bond donors (Lipinski definition) is 1. The Morgan fingerprint density at radius 3 is 2.27 bits per heavy atom. The van der Waals surface area contributed by atoms with Crippen LogP contribution in [-0.4, -0.2) is 5.11 Å². The van der Waals surface area contributed by atoms with E-state index in [1.54, 1.807) is 6.92 Å². The molecule has 1 nitrogen and oxygen atoms in total. The van der Waals surface area contributed by atoms with Crippen molar-refractivity contribution in [1.82, 2.24) is 0 Å². The maximum Gasteiger partial charge on any atom is 0.0762 e. The summed E-state index contributed by atoms with van der Waals surface area (Å²) in [5.74, 6) is 0. The number of rotatable bonds is 1. The van der Waals surface area contributed by atoms with Crippen LogP contribution in [0.15, 0.2) is 18.2 Å². The van der Waals surface area contributed by atoms with Crippen LogP contribution in [-0.2, 0) is 0 Å². The molecule has 0 fully saturated rings. The predicted octanol–water partition coefficient (Wildman–Crippen LogP) is 2.36. The first-order valence-corrected chi connectivity index (χ1v) is 3.86. The van der Waals surface area contributed by atoms with E-state index in [1.165, 1.54) is 11.1 Å². The van der Waals surface area contributed by atoms with Crippen LogP contribution >= 0.6 is 0 Å². The van der Waals surface area contributed by atoms with Crippen molar-refractivity contribution in [2.24, 2.45) is 0 Å². The normalized spacial score (nSPS) is 13.1. The molecule has 1 atom stereocenters. The van der Waals surface area contributed by atoms with Gasteiger partial charge in [0.05, 0.1) is 6.10 Å². The summed E-state index contributed by atoms with van der Waals surface area (Å²) in [6.07, 6.45) is -0.353. The van der Waals surface area contributed by atoms with Gasteiger partial charge in [-0.2, -0.15) is 0 Å². The molecule has 0 aliphatic heterocycles. The lowest BCUT2D eigenvalue weighted by Gasteiger charge is -2.06. The third kappa shape index (κ3) is 1.81. The molecule has 0 spiro atoms. The van der Waals surface area contributed by atoms with Gasteiger partial charge in [0.15, 0.2) is 0 Å². The molecule has 1 N–H and O–H groups in total. The fraction of sp³-hybridized carbons (Fsp3) is 0.400. The molecular formula is C10H14O. The quantitative estimate of drug-likeness (QED) is 0.651. The van der Waals surface area contributed by atoms with E-state index in [1.807, 2.05) is 18.2 Å². The lowest BCUT2D eigenvalue weighted by atomic mass is 10.0. The van der Waals surface area contributed by atoms with Gasteiger partial charge in [0.1, 0.15) is 0 Å². The van der Waals surface area contributed by atoms with Crippen LogP contribution in [0.25, 0.3) is 0 Å². The SMILES string of the molecule is Cc1ccc(C(C)O)cc1C. The van der Waals surface area contributed by atoms with Crippen LogP contribution < -0.4 is 0 Å². The highest BCUT2D eigenvalue weighted by Crippen LogP contribution is 2.15. The molecule has 0 aromatic heterocycles. The first-order valence-electron chi connectivity index (χ1n) is 3.86. The third-order valence-electron chi connectivity index (χ3n) is 2.01. The molecule has 0 amide bonds. The summed E-state index contributed by atoms with van der Waals surface area (Å²) in [5.41, 5.74) is 3.51. The van der Waals surface area contributed by atoms with Crippen molar-refractivity contribution in [2.45, 2.75) is 26.9 Å². The zero-order valence-electron chi connectivity index (χ0n) is 7.26. The Hall–Kier alpha value is -0.820. The summed E-state index contributed by atoms with van der Waals surface area (Å²) in [5, 5.41) is 9.24. The van der Waals surface area contributed by atoms with Gasteiger partial charge in [-0.15, -0.1) is 0 Å². The average Bonchev–Trinajstić information content (AvgIpc) is 1.94. The van der Waals surface area contributed by atoms with Gasteiger partial charge in [0.25, 0.3) is 0 Å². The van der Waals surface area contributed by atoms with E-state index in [4.69, 9.17) is 0 Å². The minimum Gasteiger partial charge on any atom is -0.389 e. The van der Waals surface area contributed by atoms with Crippen molar-refractivity contribution in [1.29, 1.82) is 0 Å². The maximum atomic E-state index is 9.24. The highest BCUT2D eigenvalue weighted by atomic mass is 16.3. The maximum absolute atomic E-state index is 9.24. The van der Waals surface area contributed by atoms with E-state index in [9.17, 15) is 5.11 Å². The van der Waals surface area contributed by atoms with Crippen LogP contribution in [0.3, 0.4) is 0 Å². The van der Waals surface area contributed by atoms with Crippen molar-refractivity contribution in [3.05, 3.63) is 34.9 Å². The number of hydrogen-bond acceptors (Lipinski definition) is 1. The fourth-order valence-corrected chi connectivity index (χ4v) is 1.02. The molecule has 1 unspecified atom stereocenters. The second-order valence-corrected chi connectivity index (χ2v) is 3.02. The molecule has 60 valence electrons. The van der Waals surface area contributed by atoms with Crippen LogP contribution in [0.2, 0.25) is 0 Å². The monoisotopic (exact) mass is 150 g/mol. The van der Waals surface area contributed by atoms with E-state index in [0.717, 1.165) is 5.56 Å². The highest BCUT2D eigenvalue weighted by Gasteiger charge is 2.00. The summed E-state index contributed by atoms with van der Waals surface area (Å²) in [6, 6.07) is 6.03. The summed E-state index contributed by atoms with van der Waals surface area (Å²) in [7, 11) is 0. The molecule has 1 aromatic rings. The fourth-order valence-electron chi connectivity index (χ4n) is 1.02. The van der Waals surface area contributed by atoms with Crippen molar-refractivity contribution in [3.8, 4) is 0 Å². The number of aryl methyl sites for hydroxylation is 2. The second kappa shape index (κ2) is 3.05. The summed E-state index contributed by atoms with van der Waals surface area (Å²) >= 11 is 0. The largest absolute Gasteiger partial charge is 0.389 e. The Kier molecular flexibility index (Phi) is 2.30. The first-order chi connectivity index (χ1) is 5.11. The molecule has 1 rings (SSSR count). The average molecular weight is 150 g/mol. The number of aliphatic hydroxyl groups is 1. The van der Waals surface area contributed by atoms with E-state index < -0.39 is 0 Å². The Balaban J connectivity index is 3.05. The van der Waals surface area contributed by atoms with Crippen molar-refractivity contribution in [3.63, 3.8) is 0 Å². The molecule has 0 radical (unpaired) electrons. The van der Waals surface area contributed by atoms with Crippen LogP contribution in [0.1, 0.15) is 29.7 Å². The lowest BCUT2D eigenvalue weighted by molar-refractivity contribution is 0.199. The molecule has 0 bridgehead atoms. The van der Waals surface area contributed by atoms with Gasteiger partial charge >= 0.3 is 0 Å². The molecule has 0 aliphatic carbocycles. The second-order valence-electron chi connectivity index (χ2n) is 3.02. The lowest BCUT2D eigenvalue weighted by Crippen LogP contribution is -1.92. The standard InChI is InChI=1S/C10H14O/c1-7-4-5-10(9(3)11)6-8(7)2/h4-6,9,11H,1-3H3. The first kappa shape index (κ1) is 8.28. The zero-order valence-corrected chi connectivity index (χ0v) is 7.26. The van der Waals surface area contributed by atoms with Gasteiger partial charge in [-0.05, 0) is 37.5 Å². The van der Waals surface area contributed by atoms with Gasteiger partial charge in [-0.3, -0.25) is 0 Å². The van der Waals surface area contributed by atoms with Gasteiger partial charge in [-0.25, -0.2) is 0 Å². The van der Waals surface area contributed by atoms with Crippen LogP contribution in [0.5, 0.6) is 0 Å². The summed E-state index contributed by atoms with van der Waals surface area (Å²) < 4.78 is 0. The Labute approximate surface area is 67.7 Å². The van der Waals surface area contributed by atoms with Crippen molar-refractivity contribution >= 4 is 0 Å². The van der Waals surface area contributed by atoms with E-state index in [-0.39, 0.29) is 6.10 Å². The summed E-state index contributed by atoms with van der Waals surface area (Å²) in [4.78, 5) is 0. The van der Waals surface area contributed by atoms with Gasteiger partial charge < -0.3 is 5.11 Å². The smallest absolute Gasteiger partial charge is 0.0762 e. The Bertz CT molecular complexity index is 251. The molecule has 1 heteroatoms. The van der Waals surface area contributed by atoms with Crippen molar-refractivity contribution in [2.75, 3.05) is 0 Å². The van der Waals surface area contributed by atoms with E-state index in [0.29, 0.717) is 0 Å². The minimum atomic E-state index is -0.353. The molecule has 0 saturated carbocycles. The number of aliphatic hydroxyl groups excluding tert-OH is 1. The molecule has 11 heavy (non-hydrogen) atoms. The Morgan fingerprint density at radius 1 is 1.18 bits per heavy atom. The summed E-state index contributed by atoms with van der Waals surface area (Å²) in [6.45, 7) is 5.91. The van der Waals surface area contributed by atoms with Gasteiger partial charge in [0.2, 0.25) is 0 Å². The third-order valence-corrected chi connectivity index (χ3v) is 2.01. The minimum absolute atomic E-state index is 0.353. The van der Waals surface area contributed by atoms with Crippen LogP contribution in [0.4, 0.5) is 0 Å². The molecule has 0 saturated heterocycles. The zero-order chi connectivity index (χ0) is 8.43. The van der Waals surface area contributed by atoms with Crippen molar-refractivity contribution < 1.29 is 5.11 Å². The number of benzene rings is 1. The highest BCUT2D eigenvalue weighted by molar-refractivity contribution is 5.30. The van der Waals surface area contributed by atoms with Crippen LogP contribution in [0, 0.1) is 13.8 Å². The molecule has 1 aromatic carbocycles. The van der Waals surface area contributed by atoms with E-state index >= 15 is 0 Å². The molecule has 0 aliphatic rings.